The average Bonchev–Trinajstić information content (AvgIpc) is 3.11. The van der Waals surface area contributed by atoms with Gasteiger partial charge in [-0.05, 0) is 26.2 Å². The van der Waals surface area contributed by atoms with Crippen molar-refractivity contribution >= 4 is 47.2 Å². The highest BCUT2D eigenvalue weighted by Gasteiger charge is 2.22. The molecule has 1 aliphatic rings. The fourth-order valence-corrected chi connectivity index (χ4v) is 3.85. The molecule has 160 valence electrons. The standard InChI is InChI=1S/C20H30ClN7.HI/c1-22-20(23-14-19(25(2)3)16-13-24-26(4)15-16)28-11-9-27(10-12-28)18-8-6-5-7-17(18)21;/h5-8,13,15,19H,9-12,14H2,1-4H3,(H,22,23);1H. The molecule has 29 heavy (non-hydrogen) atoms. The zero-order chi connectivity index (χ0) is 20.1. The molecule has 1 aromatic carbocycles. The molecule has 0 aliphatic carbocycles. The van der Waals surface area contributed by atoms with Gasteiger partial charge in [0.25, 0.3) is 0 Å². The molecule has 9 heteroatoms. The van der Waals surface area contributed by atoms with Crippen LogP contribution in [0.15, 0.2) is 41.7 Å². The minimum Gasteiger partial charge on any atom is -0.367 e. The number of para-hydroxylation sites is 1. The number of likely N-dealkylation sites (N-methyl/N-ethyl adjacent to an activating group) is 1. The third-order valence-corrected chi connectivity index (χ3v) is 5.49. The van der Waals surface area contributed by atoms with Crippen LogP contribution in [0.25, 0.3) is 0 Å². The van der Waals surface area contributed by atoms with Gasteiger partial charge in [0.1, 0.15) is 0 Å². The number of nitrogens with zero attached hydrogens (tertiary/aromatic N) is 6. The first kappa shape index (κ1) is 23.8. The highest BCUT2D eigenvalue weighted by Crippen LogP contribution is 2.26. The first-order valence-corrected chi connectivity index (χ1v) is 9.97. The summed E-state index contributed by atoms with van der Waals surface area (Å²) >= 11 is 6.36. The highest BCUT2D eigenvalue weighted by molar-refractivity contribution is 14.0. The molecular weight excluding hydrogens is 501 g/mol. The van der Waals surface area contributed by atoms with E-state index in [9.17, 15) is 0 Å². The van der Waals surface area contributed by atoms with E-state index in [1.165, 1.54) is 5.56 Å². The predicted molar refractivity (Wildman–Crippen MR) is 132 cm³/mol. The third-order valence-electron chi connectivity index (χ3n) is 5.17. The molecule has 7 nitrogen and oxygen atoms in total. The van der Waals surface area contributed by atoms with Crippen LogP contribution in [0.3, 0.4) is 0 Å². The molecule has 1 fully saturated rings. The van der Waals surface area contributed by atoms with E-state index in [2.05, 4.69) is 56.5 Å². The summed E-state index contributed by atoms with van der Waals surface area (Å²) in [4.78, 5) is 11.4. The van der Waals surface area contributed by atoms with Gasteiger partial charge in [0.05, 0.1) is 22.9 Å². The molecule has 2 aromatic rings. The highest BCUT2D eigenvalue weighted by atomic mass is 127. The van der Waals surface area contributed by atoms with Crippen molar-refractivity contribution in [2.24, 2.45) is 12.0 Å². The summed E-state index contributed by atoms with van der Waals surface area (Å²) in [6, 6.07) is 8.27. The normalized spacial score (nSPS) is 16.0. The quantitative estimate of drug-likeness (QED) is 0.365. The summed E-state index contributed by atoms with van der Waals surface area (Å²) < 4.78 is 1.84. The smallest absolute Gasteiger partial charge is 0.193 e. The Balaban J connectivity index is 0.00000300. The fourth-order valence-electron chi connectivity index (χ4n) is 3.60. The average molecular weight is 532 g/mol. The van der Waals surface area contributed by atoms with Gasteiger partial charge in [-0.15, -0.1) is 24.0 Å². The second-order valence-electron chi connectivity index (χ2n) is 7.28. The summed E-state index contributed by atoms with van der Waals surface area (Å²) in [5.41, 5.74) is 2.30. The van der Waals surface area contributed by atoms with Crippen molar-refractivity contribution in [1.82, 2.24) is 24.9 Å². The number of aliphatic imine (C=N–C) groups is 1. The number of hydrogen-bond donors (Lipinski definition) is 1. The molecule has 1 N–H and O–H groups in total. The van der Waals surface area contributed by atoms with E-state index in [4.69, 9.17) is 11.6 Å². The van der Waals surface area contributed by atoms with Crippen LogP contribution in [-0.4, -0.2) is 79.4 Å². The number of guanidine groups is 1. The Morgan fingerprint density at radius 3 is 2.48 bits per heavy atom. The number of benzene rings is 1. The lowest BCUT2D eigenvalue weighted by Gasteiger charge is -2.38. The lowest BCUT2D eigenvalue weighted by molar-refractivity contribution is 0.292. The number of halogens is 2. The Morgan fingerprint density at radius 1 is 1.24 bits per heavy atom. The summed E-state index contributed by atoms with van der Waals surface area (Å²) in [5.74, 6) is 0.939. The molecule has 0 saturated carbocycles. The monoisotopic (exact) mass is 531 g/mol. The molecule has 1 atom stereocenters. The van der Waals surface area contributed by atoms with Crippen LogP contribution in [0.1, 0.15) is 11.6 Å². The summed E-state index contributed by atoms with van der Waals surface area (Å²) in [7, 11) is 7.97. The molecule has 0 amide bonds. The van der Waals surface area contributed by atoms with Gasteiger partial charge in [-0.1, -0.05) is 23.7 Å². The van der Waals surface area contributed by atoms with E-state index in [0.717, 1.165) is 49.4 Å². The number of piperazine rings is 1. The fraction of sp³-hybridized carbons (Fsp3) is 0.500. The topological polar surface area (TPSA) is 51.9 Å². The summed E-state index contributed by atoms with van der Waals surface area (Å²) in [5, 5.41) is 8.66. The van der Waals surface area contributed by atoms with E-state index >= 15 is 0 Å². The van der Waals surface area contributed by atoms with Gasteiger partial charge in [0, 0.05) is 58.6 Å². The van der Waals surface area contributed by atoms with E-state index in [1.807, 2.05) is 43.2 Å². The largest absolute Gasteiger partial charge is 0.367 e. The van der Waals surface area contributed by atoms with Crippen LogP contribution < -0.4 is 10.2 Å². The van der Waals surface area contributed by atoms with E-state index < -0.39 is 0 Å². The van der Waals surface area contributed by atoms with E-state index in [-0.39, 0.29) is 30.0 Å². The van der Waals surface area contributed by atoms with Crippen LogP contribution in [0.2, 0.25) is 5.02 Å². The second-order valence-corrected chi connectivity index (χ2v) is 7.69. The van der Waals surface area contributed by atoms with Gasteiger partial charge in [0.15, 0.2) is 5.96 Å². The van der Waals surface area contributed by atoms with E-state index in [1.54, 1.807) is 0 Å². The van der Waals surface area contributed by atoms with Crippen molar-refractivity contribution in [3.05, 3.63) is 47.2 Å². The molecule has 1 saturated heterocycles. The van der Waals surface area contributed by atoms with Crippen LogP contribution in [0.4, 0.5) is 5.69 Å². The maximum atomic E-state index is 6.36. The zero-order valence-electron chi connectivity index (χ0n) is 17.5. The number of aromatic nitrogens is 2. The number of hydrogen-bond acceptors (Lipinski definition) is 4. The van der Waals surface area contributed by atoms with Crippen molar-refractivity contribution in [3.63, 3.8) is 0 Å². The minimum atomic E-state index is 0. The minimum absolute atomic E-state index is 0. The Bertz CT molecular complexity index is 800. The van der Waals surface area contributed by atoms with Gasteiger partial charge in [0.2, 0.25) is 0 Å². The molecule has 1 aliphatic heterocycles. The summed E-state index contributed by atoms with van der Waals surface area (Å²) in [6.07, 6.45) is 4.00. The van der Waals surface area contributed by atoms with Gasteiger partial charge < -0.3 is 20.0 Å². The van der Waals surface area contributed by atoms with Crippen molar-refractivity contribution in [3.8, 4) is 0 Å². The van der Waals surface area contributed by atoms with Crippen LogP contribution in [-0.2, 0) is 7.05 Å². The lowest BCUT2D eigenvalue weighted by Crippen LogP contribution is -2.53. The number of nitrogens with one attached hydrogen (secondary N) is 1. The Kier molecular flexibility index (Phi) is 9.04. The SMILES string of the molecule is CN=C(NCC(c1cnn(C)c1)N(C)C)N1CCN(c2ccccc2Cl)CC1.I. The Labute approximate surface area is 195 Å². The summed E-state index contributed by atoms with van der Waals surface area (Å²) in [6.45, 7) is 4.43. The molecular formula is C20H31ClIN7. The molecule has 2 heterocycles. The van der Waals surface area contributed by atoms with Gasteiger partial charge in [-0.2, -0.15) is 5.10 Å². The number of anilines is 1. The second kappa shape index (κ2) is 11.0. The first-order valence-electron chi connectivity index (χ1n) is 9.59. The Hall–Kier alpha value is -1.52. The number of aryl methyl sites for hydroxylation is 1. The molecule has 1 unspecified atom stereocenters. The van der Waals surface area contributed by atoms with Crippen LogP contribution in [0, 0.1) is 0 Å². The zero-order valence-corrected chi connectivity index (χ0v) is 20.6. The maximum Gasteiger partial charge on any atom is 0.193 e. The van der Waals surface area contributed by atoms with Crippen molar-refractivity contribution in [2.45, 2.75) is 6.04 Å². The molecule has 1 aromatic heterocycles. The maximum absolute atomic E-state index is 6.36. The van der Waals surface area contributed by atoms with Gasteiger partial charge in [-0.3, -0.25) is 9.67 Å². The lowest BCUT2D eigenvalue weighted by atomic mass is 10.1. The third kappa shape index (κ3) is 5.99. The van der Waals surface area contributed by atoms with E-state index in [0.29, 0.717) is 0 Å². The van der Waals surface area contributed by atoms with Crippen LogP contribution in [0.5, 0.6) is 0 Å². The van der Waals surface area contributed by atoms with Gasteiger partial charge >= 0.3 is 0 Å². The van der Waals surface area contributed by atoms with Crippen molar-refractivity contribution in [2.75, 3.05) is 58.8 Å². The molecule has 0 radical (unpaired) electrons. The molecule has 0 bridgehead atoms. The number of rotatable bonds is 5. The molecule has 3 rings (SSSR count). The van der Waals surface area contributed by atoms with Crippen molar-refractivity contribution in [1.29, 1.82) is 0 Å². The predicted octanol–water partition coefficient (Wildman–Crippen LogP) is 2.69. The van der Waals surface area contributed by atoms with Crippen LogP contribution >= 0.6 is 35.6 Å². The Morgan fingerprint density at radius 2 is 1.93 bits per heavy atom. The van der Waals surface area contributed by atoms with Gasteiger partial charge in [-0.25, -0.2) is 0 Å². The molecule has 0 spiro atoms. The van der Waals surface area contributed by atoms with Crippen molar-refractivity contribution < 1.29 is 0 Å². The first-order chi connectivity index (χ1) is 13.5.